The van der Waals surface area contributed by atoms with Crippen molar-refractivity contribution in [2.45, 2.75) is 58.4 Å². The first kappa shape index (κ1) is 26.9. The molecule has 9 nitrogen and oxygen atoms in total. The summed E-state index contributed by atoms with van der Waals surface area (Å²) in [5.74, 6) is 2.91. The summed E-state index contributed by atoms with van der Waals surface area (Å²) in [6.45, 7) is 9.13. The van der Waals surface area contributed by atoms with Gasteiger partial charge in [0.1, 0.15) is 5.75 Å². The number of amides is 1. The third kappa shape index (κ3) is 7.93. The van der Waals surface area contributed by atoms with E-state index in [1.165, 1.54) is 0 Å². The Kier molecular flexibility index (Phi) is 9.92. The zero-order chi connectivity index (χ0) is 25.4. The molecule has 2 aromatic rings. The van der Waals surface area contributed by atoms with Crippen molar-refractivity contribution in [1.82, 2.24) is 20.4 Å². The normalized spacial score (nSPS) is 16.4. The number of aromatic nitrogens is 2. The van der Waals surface area contributed by atoms with Gasteiger partial charge in [0.05, 0.1) is 13.2 Å². The van der Waals surface area contributed by atoms with E-state index in [1.807, 2.05) is 33.2 Å². The number of likely N-dealkylation sites (N-methyl/N-ethyl adjacent to an activating group) is 1. The molecular formula is C26H41N5O4. The number of piperidine rings is 1. The standard InChI is InChI=1S/C26H41N5O4/c1-18-15-22(8-9-23(18)24(33)27-20(3)17-32)34-14-6-7-21-10-12-31(13-11-21)26-28-25(35-29-26)19(2)16-30(4)5/h8-9,15,19-21,32H,6-7,10-14,16-17H2,1-5H3,(H,27,33)/t19?,20-/m1/s1. The molecule has 1 aromatic heterocycles. The van der Waals surface area contributed by atoms with Gasteiger partial charge >= 0.3 is 0 Å². The Balaban J connectivity index is 1.37. The molecule has 0 bridgehead atoms. The molecule has 0 spiro atoms. The lowest BCUT2D eigenvalue weighted by atomic mass is 9.92. The van der Waals surface area contributed by atoms with Crippen LogP contribution in [0.3, 0.4) is 0 Å². The maximum absolute atomic E-state index is 12.3. The summed E-state index contributed by atoms with van der Waals surface area (Å²) in [6.07, 6.45) is 4.36. The fourth-order valence-electron chi connectivity index (χ4n) is 4.49. The number of aliphatic hydroxyl groups excluding tert-OH is 1. The van der Waals surface area contributed by atoms with Crippen LogP contribution in [-0.2, 0) is 0 Å². The zero-order valence-electron chi connectivity index (χ0n) is 21.8. The molecule has 1 aliphatic heterocycles. The smallest absolute Gasteiger partial charge is 0.266 e. The van der Waals surface area contributed by atoms with Crippen molar-refractivity contribution < 1.29 is 19.2 Å². The Hall–Kier alpha value is -2.65. The average Bonchev–Trinajstić information content (AvgIpc) is 3.32. The highest BCUT2D eigenvalue weighted by Gasteiger charge is 2.24. The predicted molar refractivity (Wildman–Crippen MR) is 136 cm³/mol. The fourth-order valence-corrected chi connectivity index (χ4v) is 4.49. The van der Waals surface area contributed by atoms with Gasteiger partial charge in [0.25, 0.3) is 11.9 Å². The molecular weight excluding hydrogens is 446 g/mol. The van der Waals surface area contributed by atoms with E-state index in [2.05, 4.69) is 32.2 Å². The molecule has 1 saturated heterocycles. The van der Waals surface area contributed by atoms with E-state index >= 15 is 0 Å². The van der Waals surface area contributed by atoms with Crippen LogP contribution in [0, 0.1) is 12.8 Å². The number of benzene rings is 1. The van der Waals surface area contributed by atoms with E-state index in [9.17, 15) is 4.79 Å². The van der Waals surface area contributed by atoms with Gasteiger partial charge in [0.2, 0.25) is 5.89 Å². The van der Waals surface area contributed by atoms with Gasteiger partial charge in [0.15, 0.2) is 0 Å². The minimum atomic E-state index is -0.272. The maximum Gasteiger partial charge on any atom is 0.266 e. The number of rotatable bonds is 12. The Morgan fingerprint density at radius 3 is 2.71 bits per heavy atom. The number of nitrogens with one attached hydrogen (secondary N) is 1. The second-order valence-electron chi connectivity index (χ2n) is 10.1. The molecule has 0 saturated carbocycles. The number of aryl methyl sites for hydroxylation is 1. The zero-order valence-corrected chi connectivity index (χ0v) is 21.8. The Bertz CT molecular complexity index is 940. The maximum atomic E-state index is 12.3. The lowest BCUT2D eigenvalue weighted by Gasteiger charge is -2.30. The van der Waals surface area contributed by atoms with Crippen LogP contribution in [0.4, 0.5) is 5.95 Å². The molecule has 1 fully saturated rings. The number of anilines is 1. The first-order valence-corrected chi connectivity index (χ1v) is 12.6. The Labute approximate surface area is 208 Å². The van der Waals surface area contributed by atoms with Crippen molar-refractivity contribution in [2.75, 3.05) is 51.8 Å². The quantitative estimate of drug-likeness (QED) is 0.440. The number of hydrogen-bond donors (Lipinski definition) is 2. The van der Waals surface area contributed by atoms with Gasteiger partial charge in [-0.1, -0.05) is 6.92 Å². The molecule has 194 valence electrons. The molecule has 1 amide bonds. The number of aliphatic hydroxyl groups is 1. The first-order chi connectivity index (χ1) is 16.8. The summed E-state index contributed by atoms with van der Waals surface area (Å²) in [6, 6.07) is 5.24. The topological polar surface area (TPSA) is 104 Å². The molecule has 2 heterocycles. The summed E-state index contributed by atoms with van der Waals surface area (Å²) in [4.78, 5) is 21.3. The Morgan fingerprint density at radius 1 is 1.31 bits per heavy atom. The number of carbonyl (C=O) groups is 1. The molecule has 1 aromatic carbocycles. The van der Waals surface area contributed by atoms with E-state index in [0.717, 1.165) is 56.6 Å². The third-order valence-corrected chi connectivity index (χ3v) is 6.51. The predicted octanol–water partition coefficient (Wildman–Crippen LogP) is 3.23. The molecule has 9 heteroatoms. The molecule has 2 N–H and O–H groups in total. The average molecular weight is 488 g/mol. The summed E-state index contributed by atoms with van der Waals surface area (Å²) in [7, 11) is 4.09. The van der Waals surface area contributed by atoms with Gasteiger partial charge in [-0.15, -0.1) is 0 Å². The van der Waals surface area contributed by atoms with Crippen LogP contribution in [0.25, 0.3) is 0 Å². The van der Waals surface area contributed by atoms with Crippen molar-refractivity contribution in [3.8, 4) is 5.75 Å². The summed E-state index contributed by atoms with van der Waals surface area (Å²) in [5, 5.41) is 16.1. The van der Waals surface area contributed by atoms with E-state index in [1.54, 1.807) is 13.0 Å². The minimum Gasteiger partial charge on any atom is -0.494 e. The van der Waals surface area contributed by atoms with Gasteiger partial charge in [-0.05, 0) is 88.5 Å². The SMILES string of the molecule is Cc1cc(OCCCC2CCN(c3noc(C(C)CN(C)C)n3)CC2)ccc1C(=O)N[C@H](C)CO. The lowest BCUT2D eigenvalue weighted by molar-refractivity contribution is 0.0921. The lowest BCUT2D eigenvalue weighted by Crippen LogP contribution is -2.35. The van der Waals surface area contributed by atoms with Crippen LogP contribution in [0.5, 0.6) is 5.75 Å². The second kappa shape index (κ2) is 12.9. The second-order valence-corrected chi connectivity index (χ2v) is 10.1. The van der Waals surface area contributed by atoms with Crippen molar-refractivity contribution in [3.05, 3.63) is 35.2 Å². The molecule has 2 atom stereocenters. The van der Waals surface area contributed by atoms with Gasteiger partial charge in [-0.2, -0.15) is 4.98 Å². The molecule has 1 unspecified atom stereocenters. The number of ether oxygens (including phenoxy) is 1. The molecule has 0 radical (unpaired) electrons. The van der Waals surface area contributed by atoms with Crippen LogP contribution >= 0.6 is 0 Å². The van der Waals surface area contributed by atoms with Gasteiger partial charge in [-0.3, -0.25) is 4.79 Å². The van der Waals surface area contributed by atoms with E-state index in [4.69, 9.17) is 14.4 Å². The number of hydrogen-bond acceptors (Lipinski definition) is 8. The van der Waals surface area contributed by atoms with E-state index in [-0.39, 0.29) is 24.5 Å². The fraction of sp³-hybridized carbons (Fsp3) is 0.654. The van der Waals surface area contributed by atoms with Crippen LogP contribution < -0.4 is 15.0 Å². The molecule has 3 rings (SSSR count). The summed E-state index contributed by atoms with van der Waals surface area (Å²) in [5.41, 5.74) is 1.46. The number of carbonyl (C=O) groups excluding carboxylic acids is 1. The first-order valence-electron chi connectivity index (χ1n) is 12.6. The Morgan fingerprint density at radius 2 is 2.06 bits per heavy atom. The van der Waals surface area contributed by atoms with Gasteiger partial charge < -0.3 is 29.5 Å². The van der Waals surface area contributed by atoms with Crippen LogP contribution in [-0.4, -0.2) is 79.0 Å². The van der Waals surface area contributed by atoms with E-state index < -0.39 is 0 Å². The monoisotopic (exact) mass is 487 g/mol. The molecule has 0 aliphatic carbocycles. The minimum absolute atomic E-state index is 0.0840. The third-order valence-electron chi connectivity index (χ3n) is 6.51. The van der Waals surface area contributed by atoms with Crippen molar-refractivity contribution in [1.29, 1.82) is 0 Å². The molecule has 1 aliphatic rings. The molecule has 35 heavy (non-hydrogen) atoms. The van der Waals surface area contributed by atoms with Crippen molar-refractivity contribution >= 4 is 11.9 Å². The van der Waals surface area contributed by atoms with Gasteiger partial charge in [0, 0.05) is 37.2 Å². The van der Waals surface area contributed by atoms with Crippen LogP contribution in [0.15, 0.2) is 22.7 Å². The highest BCUT2D eigenvalue weighted by Crippen LogP contribution is 2.26. The highest BCUT2D eigenvalue weighted by atomic mass is 16.5. The number of nitrogens with zero attached hydrogens (tertiary/aromatic N) is 4. The van der Waals surface area contributed by atoms with Crippen LogP contribution in [0.2, 0.25) is 0 Å². The van der Waals surface area contributed by atoms with Crippen molar-refractivity contribution in [3.63, 3.8) is 0 Å². The largest absolute Gasteiger partial charge is 0.494 e. The van der Waals surface area contributed by atoms with Crippen LogP contribution in [0.1, 0.15) is 67.3 Å². The van der Waals surface area contributed by atoms with Gasteiger partial charge in [-0.25, -0.2) is 0 Å². The highest BCUT2D eigenvalue weighted by molar-refractivity contribution is 5.95. The van der Waals surface area contributed by atoms with Crippen molar-refractivity contribution in [2.24, 2.45) is 5.92 Å². The summed E-state index contributed by atoms with van der Waals surface area (Å²) >= 11 is 0. The summed E-state index contributed by atoms with van der Waals surface area (Å²) < 4.78 is 11.4. The van der Waals surface area contributed by atoms with E-state index in [0.29, 0.717) is 29.9 Å².